The Bertz CT molecular complexity index is 1500. The normalized spacial score (nSPS) is 12.6. The molecular weight excluding hydrogens is 602 g/mol. The molecule has 0 fully saturated rings. The molecule has 12 heteroatoms. The summed E-state index contributed by atoms with van der Waals surface area (Å²) in [5, 5.41) is 3.55. The maximum absolute atomic E-state index is 14.2. The van der Waals surface area contributed by atoms with Crippen molar-refractivity contribution in [3.05, 3.63) is 99.8 Å². The van der Waals surface area contributed by atoms with Crippen molar-refractivity contribution in [3.8, 4) is 0 Å². The Balaban J connectivity index is 2.13. The number of nitrogens with zero attached hydrogens (tertiary/aromatic N) is 3. The molecule has 1 atom stereocenters. The van der Waals surface area contributed by atoms with Gasteiger partial charge in [0.25, 0.3) is 0 Å². The molecule has 42 heavy (non-hydrogen) atoms. The van der Waals surface area contributed by atoms with Crippen LogP contribution in [0.15, 0.2) is 72.8 Å². The Labute approximate surface area is 257 Å². The summed E-state index contributed by atoms with van der Waals surface area (Å²) in [7, 11) is -1.53. The van der Waals surface area contributed by atoms with Gasteiger partial charge in [-0.15, -0.1) is 0 Å². The van der Waals surface area contributed by atoms with Crippen molar-refractivity contribution in [1.29, 1.82) is 0 Å². The van der Waals surface area contributed by atoms with Gasteiger partial charge >= 0.3 is 10.2 Å². The van der Waals surface area contributed by atoms with Crippen LogP contribution in [-0.2, 0) is 32.8 Å². The van der Waals surface area contributed by atoms with E-state index in [2.05, 4.69) is 5.32 Å². The van der Waals surface area contributed by atoms with Gasteiger partial charge in [-0.05, 0) is 68.3 Å². The van der Waals surface area contributed by atoms with Crippen LogP contribution in [0.25, 0.3) is 0 Å². The lowest BCUT2D eigenvalue weighted by Gasteiger charge is -2.35. The summed E-state index contributed by atoms with van der Waals surface area (Å²) < 4.78 is 42.3. The van der Waals surface area contributed by atoms with Gasteiger partial charge in [-0.2, -0.15) is 12.7 Å². The van der Waals surface area contributed by atoms with E-state index in [9.17, 15) is 22.4 Å². The highest BCUT2D eigenvalue weighted by atomic mass is 35.5. The molecule has 3 aromatic carbocycles. The largest absolute Gasteiger partial charge is 0.350 e. The second-order valence-electron chi connectivity index (χ2n) is 11.0. The van der Waals surface area contributed by atoms with Gasteiger partial charge in [-0.25, -0.2) is 8.70 Å². The predicted molar refractivity (Wildman–Crippen MR) is 165 cm³/mol. The zero-order valence-corrected chi connectivity index (χ0v) is 26.5. The number of rotatable bonds is 11. The Kier molecular flexibility index (Phi) is 11.0. The van der Waals surface area contributed by atoms with E-state index < -0.39 is 46.0 Å². The number of nitrogens with one attached hydrogen (secondary N) is 1. The number of benzene rings is 3. The summed E-state index contributed by atoms with van der Waals surface area (Å²) >= 11 is 12.4. The molecule has 2 amide bonds. The molecule has 0 saturated heterocycles. The Morgan fingerprint density at radius 3 is 2.07 bits per heavy atom. The van der Waals surface area contributed by atoms with Crippen molar-refractivity contribution in [2.45, 2.75) is 45.3 Å². The van der Waals surface area contributed by atoms with Gasteiger partial charge in [-0.3, -0.25) is 9.59 Å². The average Bonchev–Trinajstić information content (AvgIpc) is 2.91. The molecule has 3 rings (SSSR count). The van der Waals surface area contributed by atoms with Crippen molar-refractivity contribution < 1.29 is 22.4 Å². The fourth-order valence-electron chi connectivity index (χ4n) is 4.17. The van der Waals surface area contributed by atoms with E-state index in [1.54, 1.807) is 18.2 Å². The van der Waals surface area contributed by atoms with Crippen LogP contribution in [0.1, 0.15) is 31.9 Å². The van der Waals surface area contributed by atoms with Crippen LogP contribution in [0.5, 0.6) is 0 Å². The molecule has 3 aromatic rings. The van der Waals surface area contributed by atoms with Crippen LogP contribution in [0.4, 0.5) is 10.1 Å². The number of amides is 2. The molecule has 0 aliphatic rings. The number of hydrogen-bond acceptors (Lipinski definition) is 4. The van der Waals surface area contributed by atoms with Crippen molar-refractivity contribution >= 4 is 50.9 Å². The summed E-state index contributed by atoms with van der Waals surface area (Å²) in [6, 6.07) is 17.8. The van der Waals surface area contributed by atoms with E-state index in [0.717, 1.165) is 26.3 Å². The van der Waals surface area contributed by atoms with Crippen LogP contribution in [0.2, 0.25) is 10.0 Å². The number of carbonyl (C=O) groups is 2. The minimum absolute atomic E-state index is 0.0654. The lowest BCUT2D eigenvalue weighted by atomic mass is 10.0. The number of hydrogen-bond donors (Lipinski definition) is 1. The van der Waals surface area contributed by atoms with Crippen LogP contribution < -0.4 is 9.62 Å². The predicted octanol–water partition coefficient (Wildman–Crippen LogP) is 5.30. The van der Waals surface area contributed by atoms with E-state index >= 15 is 0 Å². The van der Waals surface area contributed by atoms with Crippen molar-refractivity contribution in [1.82, 2.24) is 14.5 Å². The summed E-state index contributed by atoms with van der Waals surface area (Å²) in [4.78, 5) is 29.3. The number of carbonyl (C=O) groups excluding carboxylic acids is 2. The Morgan fingerprint density at radius 1 is 0.905 bits per heavy atom. The Hall–Kier alpha value is -3.18. The molecule has 0 bridgehead atoms. The first-order valence-corrected chi connectivity index (χ1v) is 15.3. The van der Waals surface area contributed by atoms with Gasteiger partial charge < -0.3 is 10.2 Å². The molecule has 0 radical (unpaired) electrons. The first kappa shape index (κ1) is 33.3. The van der Waals surface area contributed by atoms with Crippen LogP contribution in [-0.4, -0.2) is 61.7 Å². The molecule has 0 aromatic heterocycles. The van der Waals surface area contributed by atoms with Crippen LogP contribution in [0.3, 0.4) is 0 Å². The van der Waals surface area contributed by atoms with Crippen molar-refractivity contribution in [3.63, 3.8) is 0 Å². The highest BCUT2D eigenvalue weighted by Crippen LogP contribution is 2.26. The van der Waals surface area contributed by atoms with E-state index in [1.807, 2.05) is 51.1 Å². The van der Waals surface area contributed by atoms with Crippen molar-refractivity contribution in [2.24, 2.45) is 0 Å². The average molecular weight is 638 g/mol. The van der Waals surface area contributed by atoms with Crippen LogP contribution in [0, 0.1) is 5.82 Å². The number of halogens is 3. The van der Waals surface area contributed by atoms with Gasteiger partial charge in [0, 0.05) is 32.6 Å². The maximum atomic E-state index is 14.2. The highest BCUT2D eigenvalue weighted by Gasteiger charge is 2.35. The lowest BCUT2D eigenvalue weighted by molar-refractivity contribution is -0.140. The van der Waals surface area contributed by atoms with E-state index in [4.69, 9.17) is 23.2 Å². The quantitative estimate of drug-likeness (QED) is 0.309. The van der Waals surface area contributed by atoms with Crippen LogP contribution >= 0.6 is 23.2 Å². The van der Waals surface area contributed by atoms with Gasteiger partial charge in [0.2, 0.25) is 11.8 Å². The molecular formula is C30H35Cl2FN4O4S. The van der Waals surface area contributed by atoms with Gasteiger partial charge in [0.05, 0.1) is 15.7 Å². The maximum Gasteiger partial charge on any atom is 0.304 e. The van der Waals surface area contributed by atoms with E-state index in [1.165, 1.54) is 31.1 Å². The molecule has 0 saturated carbocycles. The molecule has 226 valence electrons. The summed E-state index contributed by atoms with van der Waals surface area (Å²) in [5.41, 5.74) is 0.864. The summed E-state index contributed by atoms with van der Waals surface area (Å²) in [6.45, 7) is 4.77. The van der Waals surface area contributed by atoms with Crippen molar-refractivity contribution in [2.75, 3.05) is 24.9 Å². The standard InChI is InChI=1S/C30H35Cl2FN4O4S/c1-30(2,3)34-29(39)27(18-21-9-7-6-8-10-21)36(19-22-11-16-25(31)26(32)17-22)28(38)20-37(42(40,41)35(4)5)24-14-12-23(33)13-15-24/h6-17,27H,18-20H2,1-5H3,(H,34,39). The third-order valence-electron chi connectivity index (χ3n) is 6.24. The second-order valence-corrected chi connectivity index (χ2v) is 13.9. The minimum atomic E-state index is -4.19. The molecule has 0 aliphatic carbocycles. The lowest BCUT2D eigenvalue weighted by Crippen LogP contribution is -2.56. The molecule has 0 heterocycles. The molecule has 0 aliphatic heterocycles. The third-order valence-corrected chi connectivity index (χ3v) is 8.80. The topological polar surface area (TPSA) is 90.0 Å². The SMILES string of the molecule is CN(C)S(=O)(=O)N(CC(=O)N(Cc1ccc(Cl)c(Cl)c1)C(Cc1ccccc1)C(=O)NC(C)(C)C)c1ccc(F)cc1. The fourth-order valence-corrected chi connectivity index (χ4v) is 5.54. The fraction of sp³-hybridized carbons (Fsp3) is 0.333. The minimum Gasteiger partial charge on any atom is -0.350 e. The highest BCUT2D eigenvalue weighted by molar-refractivity contribution is 7.90. The second kappa shape index (κ2) is 13.9. The first-order valence-electron chi connectivity index (χ1n) is 13.1. The van der Waals surface area contributed by atoms with Gasteiger partial charge in [0.15, 0.2) is 0 Å². The molecule has 1 N–H and O–H groups in total. The van der Waals surface area contributed by atoms with E-state index in [0.29, 0.717) is 10.6 Å². The monoisotopic (exact) mass is 636 g/mol. The zero-order chi connectivity index (χ0) is 31.2. The number of anilines is 1. The summed E-state index contributed by atoms with van der Waals surface area (Å²) in [6.07, 6.45) is 0.160. The van der Waals surface area contributed by atoms with E-state index in [-0.39, 0.29) is 23.7 Å². The molecule has 8 nitrogen and oxygen atoms in total. The molecule has 0 spiro atoms. The third kappa shape index (κ3) is 8.91. The smallest absolute Gasteiger partial charge is 0.304 e. The summed E-state index contributed by atoms with van der Waals surface area (Å²) in [5.74, 6) is -1.63. The first-order chi connectivity index (χ1) is 19.6. The zero-order valence-electron chi connectivity index (χ0n) is 24.1. The Morgan fingerprint density at radius 2 is 1.52 bits per heavy atom. The van der Waals surface area contributed by atoms with Gasteiger partial charge in [0.1, 0.15) is 18.4 Å². The van der Waals surface area contributed by atoms with Gasteiger partial charge in [-0.1, -0.05) is 59.6 Å². The molecule has 1 unspecified atom stereocenters.